The van der Waals surface area contributed by atoms with Gasteiger partial charge in [0, 0.05) is 31.3 Å². The largest absolute Gasteiger partial charge is 0.497 e. The van der Waals surface area contributed by atoms with E-state index >= 15 is 0 Å². The predicted molar refractivity (Wildman–Crippen MR) is 164 cm³/mol. The lowest BCUT2D eigenvalue weighted by atomic mass is 10.0. The summed E-state index contributed by atoms with van der Waals surface area (Å²) in [7, 11) is -1.40. The van der Waals surface area contributed by atoms with Crippen LogP contribution >= 0.6 is 0 Å². The Morgan fingerprint density at radius 2 is 1.65 bits per heavy atom. The maximum Gasteiger partial charge on any atom is 0.267 e. The maximum absolute atomic E-state index is 13.0. The number of sulfonamides is 1. The molecule has 0 unspecified atom stereocenters. The second-order valence-corrected chi connectivity index (χ2v) is 11.6. The molecule has 0 saturated heterocycles. The van der Waals surface area contributed by atoms with E-state index in [1.807, 2.05) is 47.3 Å². The third-order valence-corrected chi connectivity index (χ3v) is 8.42. The number of hydrogen-bond acceptors (Lipinski definition) is 7. The van der Waals surface area contributed by atoms with Crippen LogP contribution in [-0.4, -0.2) is 44.9 Å². The van der Waals surface area contributed by atoms with Crippen LogP contribution in [0.25, 0.3) is 10.8 Å². The molecule has 9 nitrogen and oxygen atoms in total. The molecule has 0 aliphatic carbocycles. The lowest BCUT2D eigenvalue weighted by molar-refractivity contribution is -0.119. The summed E-state index contributed by atoms with van der Waals surface area (Å²) in [6.45, 7) is 1.00. The lowest BCUT2D eigenvalue weighted by Crippen LogP contribution is -2.31. The molecule has 222 valence electrons. The van der Waals surface area contributed by atoms with E-state index in [1.165, 1.54) is 37.1 Å². The molecule has 10 heteroatoms. The molecule has 43 heavy (non-hydrogen) atoms. The van der Waals surface area contributed by atoms with E-state index in [0.717, 1.165) is 16.7 Å². The Morgan fingerprint density at radius 3 is 2.42 bits per heavy atom. The molecular weight excluding hydrogens is 566 g/mol. The molecule has 0 saturated carbocycles. The van der Waals surface area contributed by atoms with Crippen molar-refractivity contribution in [2.45, 2.75) is 30.7 Å². The lowest BCUT2D eigenvalue weighted by Gasteiger charge is -2.15. The van der Waals surface area contributed by atoms with Gasteiger partial charge in [0.05, 0.1) is 27.4 Å². The van der Waals surface area contributed by atoms with Crippen LogP contribution in [0.5, 0.6) is 17.2 Å². The molecule has 0 fully saturated rings. The number of methoxy groups -OCH3 is 2. The molecule has 1 aromatic heterocycles. The molecule has 0 atom stereocenters. The fraction of sp³-hybridized carbons (Fsp3) is 0.212. The van der Waals surface area contributed by atoms with Crippen LogP contribution in [0, 0.1) is 0 Å². The highest BCUT2D eigenvalue weighted by molar-refractivity contribution is 7.90. The summed E-state index contributed by atoms with van der Waals surface area (Å²) in [5.74, 6) is 0.438. The summed E-state index contributed by atoms with van der Waals surface area (Å²) in [5.41, 5.74) is 2.95. The van der Waals surface area contributed by atoms with Gasteiger partial charge in [-0.05, 0) is 58.1 Å². The Bertz CT molecular complexity index is 1820. The minimum Gasteiger partial charge on any atom is -0.497 e. The zero-order valence-corrected chi connectivity index (χ0v) is 24.8. The number of rotatable bonds is 13. The first-order valence-electron chi connectivity index (χ1n) is 13.8. The van der Waals surface area contributed by atoms with E-state index in [0.29, 0.717) is 31.1 Å². The molecule has 0 bridgehead atoms. The first-order chi connectivity index (χ1) is 20.8. The molecule has 1 amide bonds. The standard InChI is InChI=1S/C33H33N3O6S/c1-40-29-13-14-30(41-2)32(22-29)43(38,39)35-33(37)15-12-27-11-9-25(23-36-18-5-17-34-36)21-31(27)42-19-16-24-8-10-26-6-3-4-7-28(26)20-24/h3-11,13-14,17-18,20-22H,12,15-16,19,23H2,1-2H3,(H,35,37). The summed E-state index contributed by atoms with van der Waals surface area (Å²) < 4.78 is 46.6. The van der Waals surface area contributed by atoms with Crippen molar-refractivity contribution in [3.05, 3.63) is 114 Å². The summed E-state index contributed by atoms with van der Waals surface area (Å²) in [5, 5.41) is 6.64. The number of fused-ring (bicyclic) bond motifs is 1. The van der Waals surface area contributed by atoms with Gasteiger partial charge in [-0.3, -0.25) is 9.48 Å². The number of hydrogen-bond donors (Lipinski definition) is 1. The quantitative estimate of drug-likeness (QED) is 0.199. The average molecular weight is 600 g/mol. The van der Waals surface area contributed by atoms with E-state index in [-0.39, 0.29) is 23.5 Å². The van der Waals surface area contributed by atoms with Gasteiger partial charge in [-0.25, -0.2) is 13.1 Å². The molecule has 1 heterocycles. The van der Waals surface area contributed by atoms with Gasteiger partial charge < -0.3 is 14.2 Å². The first kappa shape index (κ1) is 29.7. The van der Waals surface area contributed by atoms with Gasteiger partial charge in [0.25, 0.3) is 10.0 Å². The van der Waals surface area contributed by atoms with Crippen molar-refractivity contribution in [2.75, 3.05) is 20.8 Å². The van der Waals surface area contributed by atoms with Crippen molar-refractivity contribution in [3.63, 3.8) is 0 Å². The molecule has 0 aliphatic rings. The summed E-state index contributed by atoms with van der Waals surface area (Å²) in [6.07, 6.45) is 4.53. The van der Waals surface area contributed by atoms with E-state index in [1.54, 1.807) is 12.3 Å². The molecule has 0 aliphatic heterocycles. The van der Waals surface area contributed by atoms with Crippen molar-refractivity contribution >= 4 is 26.7 Å². The van der Waals surface area contributed by atoms with Crippen LogP contribution < -0.4 is 18.9 Å². The summed E-state index contributed by atoms with van der Waals surface area (Å²) in [4.78, 5) is 12.7. The number of nitrogens with one attached hydrogen (secondary N) is 1. The van der Waals surface area contributed by atoms with Crippen LogP contribution in [0.4, 0.5) is 0 Å². The van der Waals surface area contributed by atoms with Crippen LogP contribution in [-0.2, 0) is 34.2 Å². The normalized spacial score (nSPS) is 11.3. The van der Waals surface area contributed by atoms with Crippen molar-refractivity contribution in [1.29, 1.82) is 0 Å². The Hall–Kier alpha value is -4.83. The number of aryl methyl sites for hydroxylation is 1. The second kappa shape index (κ2) is 13.4. The van der Waals surface area contributed by atoms with Gasteiger partial charge in [-0.15, -0.1) is 0 Å². The smallest absolute Gasteiger partial charge is 0.267 e. The van der Waals surface area contributed by atoms with Crippen LogP contribution in [0.1, 0.15) is 23.1 Å². The number of ether oxygens (including phenoxy) is 3. The Labute approximate surface area is 251 Å². The minimum absolute atomic E-state index is 0.0644. The predicted octanol–water partition coefficient (Wildman–Crippen LogP) is 5.16. The average Bonchev–Trinajstić information content (AvgIpc) is 3.53. The number of carbonyl (C=O) groups is 1. The monoisotopic (exact) mass is 599 g/mol. The van der Waals surface area contributed by atoms with Gasteiger partial charge in [0.2, 0.25) is 5.91 Å². The first-order valence-corrected chi connectivity index (χ1v) is 15.3. The third-order valence-electron chi connectivity index (χ3n) is 7.03. The highest BCUT2D eigenvalue weighted by atomic mass is 32.2. The maximum atomic E-state index is 13.0. The van der Waals surface area contributed by atoms with Crippen LogP contribution in [0.2, 0.25) is 0 Å². The van der Waals surface area contributed by atoms with E-state index in [4.69, 9.17) is 14.2 Å². The number of nitrogens with zero attached hydrogens (tertiary/aromatic N) is 2. The Balaban J connectivity index is 1.28. The molecule has 5 aromatic rings. The van der Waals surface area contributed by atoms with E-state index in [2.05, 4.69) is 40.2 Å². The highest BCUT2D eigenvalue weighted by Gasteiger charge is 2.23. The number of benzene rings is 4. The molecule has 5 rings (SSSR count). The minimum atomic E-state index is -4.19. The van der Waals surface area contributed by atoms with Gasteiger partial charge in [0.1, 0.15) is 22.1 Å². The number of aromatic nitrogens is 2. The zero-order chi connectivity index (χ0) is 30.2. The van der Waals surface area contributed by atoms with Gasteiger partial charge >= 0.3 is 0 Å². The SMILES string of the molecule is COc1ccc(OC)c(S(=O)(=O)NC(=O)CCc2ccc(Cn3cccn3)cc2OCCc2ccc3ccccc3c2)c1. The number of carbonyl (C=O) groups excluding carboxylic acids is 1. The summed E-state index contributed by atoms with van der Waals surface area (Å²) >= 11 is 0. The van der Waals surface area contributed by atoms with Gasteiger partial charge in [0.15, 0.2) is 0 Å². The molecule has 0 spiro atoms. The molecule has 1 N–H and O–H groups in total. The zero-order valence-electron chi connectivity index (χ0n) is 24.0. The van der Waals surface area contributed by atoms with Gasteiger partial charge in [-0.1, -0.05) is 54.6 Å². The molecule has 0 radical (unpaired) electrons. The number of amides is 1. The molecule has 4 aromatic carbocycles. The fourth-order valence-electron chi connectivity index (χ4n) is 4.79. The van der Waals surface area contributed by atoms with Crippen LogP contribution in [0.3, 0.4) is 0 Å². The van der Waals surface area contributed by atoms with Crippen LogP contribution in [0.15, 0.2) is 102 Å². The summed E-state index contributed by atoms with van der Waals surface area (Å²) in [6, 6.07) is 26.6. The van der Waals surface area contributed by atoms with Crippen molar-refractivity contribution in [1.82, 2.24) is 14.5 Å². The van der Waals surface area contributed by atoms with Crippen molar-refractivity contribution < 1.29 is 27.4 Å². The van der Waals surface area contributed by atoms with Gasteiger partial charge in [-0.2, -0.15) is 5.10 Å². The highest BCUT2D eigenvalue weighted by Crippen LogP contribution is 2.28. The topological polar surface area (TPSA) is 109 Å². The Kier molecular flexibility index (Phi) is 9.26. The third kappa shape index (κ3) is 7.52. The second-order valence-electron chi connectivity index (χ2n) is 9.97. The van der Waals surface area contributed by atoms with E-state index < -0.39 is 15.9 Å². The van der Waals surface area contributed by atoms with Crippen molar-refractivity contribution in [3.8, 4) is 17.2 Å². The van der Waals surface area contributed by atoms with Crippen molar-refractivity contribution in [2.24, 2.45) is 0 Å². The fourth-order valence-corrected chi connectivity index (χ4v) is 5.99. The molecular formula is C33H33N3O6S. The van der Waals surface area contributed by atoms with E-state index in [9.17, 15) is 13.2 Å². The Morgan fingerprint density at radius 1 is 0.837 bits per heavy atom.